The third kappa shape index (κ3) is 3.04. The van der Waals surface area contributed by atoms with Gasteiger partial charge in [-0.2, -0.15) is 9.40 Å². The highest BCUT2D eigenvalue weighted by atomic mass is 32.2. The Kier molecular flexibility index (Phi) is 4.33. The van der Waals surface area contributed by atoms with E-state index in [1.165, 1.54) is 27.4 Å². The molecule has 3 heterocycles. The average Bonchev–Trinajstić information content (AvgIpc) is 3.37. The first kappa shape index (κ1) is 16.9. The van der Waals surface area contributed by atoms with E-state index in [1.54, 1.807) is 30.7 Å². The number of benzene rings is 1. The summed E-state index contributed by atoms with van der Waals surface area (Å²) in [6, 6.07) is 5.98. The van der Waals surface area contributed by atoms with Crippen LogP contribution in [-0.2, 0) is 16.6 Å². The van der Waals surface area contributed by atoms with Gasteiger partial charge in [-0.3, -0.25) is 0 Å². The van der Waals surface area contributed by atoms with Gasteiger partial charge in [0.05, 0.1) is 18.7 Å². The van der Waals surface area contributed by atoms with Gasteiger partial charge in [0.15, 0.2) is 0 Å². The van der Waals surface area contributed by atoms with Crippen LogP contribution in [0.4, 0.5) is 4.39 Å². The Hall–Kier alpha value is -2.52. The fraction of sp³-hybridized carbons (Fsp3) is 0.294. The maximum Gasteiger partial charge on any atom is 0.246 e. The molecule has 26 heavy (non-hydrogen) atoms. The number of hydrogen-bond donors (Lipinski definition) is 0. The smallest absolute Gasteiger partial charge is 0.246 e. The molecular formula is C17H18FN5O2S. The van der Waals surface area contributed by atoms with Crippen LogP contribution in [0.1, 0.15) is 12.8 Å². The number of nitrogens with zero attached hydrogens (tertiary/aromatic N) is 5. The lowest BCUT2D eigenvalue weighted by Crippen LogP contribution is -2.37. The number of imidazole rings is 1. The van der Waals surface area contributed by atoms with E-state index in [1.807, 2.05) is 10.8 Å². The van der Waals surface area contributed by atoms with Crippen LogP contribution in [0.2, 0.25) is 0 Å². The Bertz CT molecular complexity index is 1000. The van der Waals surface area contributed by atoms with Gasteiger partial charge >= 0.3 is 0 Å². The molecule has 1 aliphatic heterocycles. The second-order valence-electron chi connectivity index (χ2n) is 6.24. The van der Waals surface area contributed by atoms with Gasteiger partial charge < -0.3 is 4.57 Å². The zero-order valence-corrected chi connectivity index (χ0v) is 14.8. The van der Waals surface area contributed by atoms with Gasteiger partial charge in [0, 0.05) is 31.5 Å². The van der Waals surface area contributed by atoms with Gasteiger partial charge in [0.2, 0.25) is 10.0 Å². The van der Waals surface area contributed by atoms with Crippen LogP contribution >= 0.6 is 0 Å². The van der Waals surface area contributed by atoms with Crippen molar-refractivity contribution in [3.63, 3.8) is 0 Å². The molecule has 0 radical (unpaired) electrons. The summed E-state index contributed by atoms with van der Waals surface area (Å²) < 4.78 is 44.7. The minimum absolute atomic E-state index is 0.0679. The second kappa shape index (κ2) is 6.65. The Balaban J connectivity index is 1.61. The van der Waals surface area contributed by atoms with Crippen molar-refractivity contribution in [2.24, 2.45) is 0 Å². The number of sulfonamides is 1. The SMILES string of the molecule is O=S(=O)(c1cnn(-c2ccccc2F)c1)N1CCCC1Cn1ccnc1. The van der Waals surface area contributed by atoms with Crippen molar-refractivity contribution in [1.82, 2.24) is 23.6 Å². The first-order valence-electron chi connectivity index (χ1n) is 8.33. The van der Waals surface area contributed by atoms with E-state index >= 15 is 0 Å². The number of para-hydroxylation sites is 1. The van der Waals surface area contributed by atoms with E-state index < -0.39 is 15.8 Å². The molecule has 1 saturated heterocycles. The summed E-state index contributed by atoms with van der Waals surface area (Å²) >= 11 is 0. The van der Waals surface area contributed by atoms with Crippen LogP contribution in [0, 0.1) is 5.82 Å². The highest BCUT2D eigenvalue weighted by Crippen LogP contribution is 2.27. The van der Waals surface area contributed by atoms with Crippen molar-refractivity contribution in [1.29, 1.82) is 0 Å². The van der Waals surface area contributed by atoms with Gasteiger partial charge in [-0.05, 0) is 25.0 Å². The van der Waals surface area contributed by atoms with Crippen molar-refractivity contribution in [3.8, 4) is 5.69 Å². The number of aromatic nitrogens is 4. The molecule has 0 saturated carbocycles. The first-order valence-corrected chi connectivity index (χ1v) is 9.77. The Morgan fingerprint density at radius 2 is 2.12 bits per heavy atom. The third-order valence-electron chi connectivity index (χ3n) is 4.57. The normalized spacial score (nSPS) is 18.4. The summed E-state index contributed by atoms with van der Waals surface area (Å²) in [5.74, 6) is -0.460. The molecule has 0 bridgehead atoms. The summed E-state index contributed by atoms with van der Waals surface area (Å²) in [6.45, 7) is 1.02. The Morgan fingerprint density at radius 3 is 2.88 bits per heavy atom. The van der Waals surface area contributed by atoms with Gasteiger partial charge in [-0.15, -0.1) is 0 Å². The molecule has 0 amide bonds. The molecule has 9 heteroatoms. The maximum absolute atomic E-state index is 13.9. The molecule has 3 aromatic rings. The molecule has 7 nitrogen and oxygen atoms in total. The van der Waals surface area contributed by atoms with Gasteiger partial charge in [-0.1, -0.05) is 12.1 Å². The molecular weight excluding hydrogens is 357 g/mol. The number of hydrogen-bond acceptors (Lipinski definition) is 4. The minimum atomic E-state index is -3.70. The fourth-order valence-corrected chi connectivity index (χ4v) is 4.91. The fourth-order valence-electron chi connectivity index (χ4n) is 3.29. The van der Waals surface area contributed by atoms with Crippen molar-refractivity contribution in [3.05, 3.63) is 61.2 Å². The molecule has 1 atom stereocenters. The van der Waals surface area contributed by atoms with E-state index in [2.05, 4.69) is 10.1 Å². The molecule has 0 spiro atoms. The van der Waals surface area contributed by atoms with Crippen LogP contribution in [-0.4, -0.2) is 44.6 Å². The second-order valence-corrected chi connectivity index (χ2v) is 8.13. The highest BCUT2D eigenvalue weighted by molar-refractivity contribution is 7.89. The molecule has 1 fully saturated rings. The quantitative estimate of drug-likeness (QED) is 0.684. The molecule has 4 rings (SSSR count). The zero-order chi connectivity index (χ0) is 18.1. The lowest BCUT2D eigenvalue weighted by atomic mass is 10.2. The monoisotopic (exact) mass is 375 g/mol. The highest BCUT2D eigenvalue weighted by Gasteiger charge is 2.36. The summed E-state index contributed by atoms with van der Waals surface area (Å²) in [4.78, 5) is 4.07. The molecule has 1 aliphatic rings. The number of rotatable bonds is 5. The van der Waals surface area contributed by atoms with E-state index in [9.17, 15) is 12.8 Å². The van der Waals surface area contributed by atoms with Crippen molar-refractivity contribution >= 4 is 10.0 Å². The lowest BCUT2D eigenvalue weighted by molar-refractivity contribution is 0.352. The Morgan fingerprint density at radius 1 is 1.27 bits per heavy atom. The van der Waals surface area contributed by atoms with Gasteiger partial charge in [-0.25, -0.2) is 22.5 Å². The van der Waals surface area contributed by atoms with Crippen molar-refractivity contribution in [2.75, 3.05) is 6.54 Å². The van der Waals surface area contributed by atoms with Crippen molar-refractivity contribution < 1.29 is 12.8 Å². The molecule has 0 N–H and O–H groups in total. The third-order valence-corrected chi connectivity index (χ3v) is 6.47. The van der Waals surface area contributed by atoms with Crippen LogP contribution < -0.4 is 0 Å². The summed E-state index contributed by atoms with van der Waals surface area (Å²) in [5.41, 5.74) is 0.213. The van der Waals surface area contributed by atoms with E-state index in [-0.39, 0.29) is 16.6 Å². The molecule has 1 unspecified atom stereocenters. The average molecular weight is 375 g/mol. The summed E-state index contributed by atoms with van der Waals surface area (Å²) in [6.07, 6.45) is 9.40. The number of halogens is 1. The lowest BCUT2D eigenvalue weighted by Gasteiger charge is -2.23. The Labute approximate surface area is 150 Å². The standard InChI is InChI=1S/C17H18FN5O2S/c18-16-5-1-2-6-17(16)22-12-15(10-20-22)26(24,25)23-8-3-4-14(23)11-21-9-7-19-13-21/h1-2,5-7,9-10,12-14H,3-4,8,11H2. The zero-order valence-electron chi connectivity index (χ0n) is 13.9. The molecule has 136 valence electrons. The van der Waals surface area contributed by atoms with Crippen LogP contribution in [0.15, 0.2) is 60.3 Å². The van der Waals surface area contributed by atoms with E-state index in [4.69, 9.17) is 0 Å². The minimum Gasteiger partial charge on any atom is -0.336 e. The topological polar surface area (TPSA) is 73.0 Å². The van der Waals surface area contributed by atoms with E-state index in [0.717, 1.165) is 12.8 Å². The van der Waals surface area contributed by atoms with Gasteiger partial charge in [0.25, 0.3) is 0 Å². The predicted octanol–water partition coefficient (Wildman–Crippen LogP) is 2.06. The maximum atomic E-state index is 13.9. The van der Waals surface area contributed by atoms with Crippen LogP contribution in [0.5, 0.6) is 0 Å². The van der Waals surface area contributed by atoms with Crippen molar-refractivity contribution in [2.45, 2.75) is 30.3 Å². The van der Waals surface area contributed by atoms with Gasteiger partial charge in [0.1, 0.15) is 16.4 Å². The molecule has 1 aromatic carbocycles. The predicted molar refractivity (Wildman–Crippen MR) is 92.7 cm³/mol. The first-order chi connectivity index (χ1) is 12.6. The molecule has 0 aliphatic carbocycles. The van der Waals surface area contributed by atoms with Crippen LogP contribution in [0.25, 0.3) is 5.69 Å². The summed E-state index contributed by atoms with van der Waals surface area (Å²) in [7, 11) is -3.70. The summed E-state index contributed by atoms with van der Waals surface area (Å²) in [5, 5.41) is 4.04. The van der Waals surface area contributed by atoms with Crippen LogP contribution in [0.3, 0.4) is 0 Å². The van der Waals surface area contributed by atoms with E-state index in [0.29, 0.717) is 13.1 Å². The molecule has 2 aromatic heterocycles. The largest absolute Gasteiger partial charge is 0.336 e.